The van der Waals surface area contributed by atoms with Gasteiger partial charge in [0.15, 0.2) is 6.23 Å². The number of β-lactam (4-membered cyclic amide) rings is 2. The molecule has 0 spiro atoms. The first-order chi connectivity index (χ1) is 29.3. The molecule has 6 heterocycles. The van der Waals surface area contributed by atoms with Crippen LogP contribution in [0, 0.1) is 12.7 Å². The first kappa shape index (κ1) is 53.7. The van der Waals surface area contributed by atoms with Crippen molar-refractivity contribution in [2.24, 2.45) is 0 Å². The molecule has 21 nitrogen and oxygen atoms in total. The van der Waals surface area contributed by atoms with Gasteiger partial charge in [0, 0.05) is 17.6 Å². The molecule has 2 aromatic heterocycles. The van der Waals surface area contributed by atoms with E-state index in [4.69, 9.17) is 30.7 Å². The van der Waals surface area contributed by atoms with Crippen LogP contribution in [-0.4, -0.2) is 158 Å². The molecule has 0 aliphatic carbocycles. The Balaban J connectivity index is 0.000000428. The summed E-state index contributed by atoms with van der Waals surface area (Å²) in [6, 6.07) is 2.17. The quantitative estimate of drug-likeness (QED) is 0.0416. The predicted octanol–water partition coefficient (Wildman–Crippen LogP) is -4.37. The number of hydrogen-bond donors (Lipinski definition) is 5. The summed E-state index contributed by atoms with van der Waals surface area (Å²) in [4.78, 5) is 76.1. The summed E-state index contributed by atoms with van der Waals surface area (Å²) in [5.41, 5.74) is -2.31. The van der Waals surface area contributed by atoms with Gasteiger partial charge in [0.2, 0.25) is 17.0 Å². The molecule has 4 aliphatic rings. The zero-order valence-corrected chi connectivity index (χ0v) is 41.7. The Bertz CT molecular complexity index is 2340. The van der Waals surface area contributed by atoms with Gasteiger partial charge in [-0.2, -0.15) is 8.78 Å². The van der Waals surface area contributed by atoms with E-state index in [2.05, 4.69) is 31.3 Å². The number of methoxy groups -OCH3 is 1. The smallest absolute Gasteiger partial charge is 1.00 e. The number of tetrazole rings is 1. The van der Waals surface area contributed by atoms with Gasteiger partial charge in [-0.1, -0.05) is 46.3 Å². The van der Waals surface area contributed by atoms with E-state index in [-0.39, 0.29) is 138 Å². The summed E-state index contributed by atoms with van der Waals surface area (Å²) >= 11 is 8.54. The molecule has 4 amide bonds. The summed E-state index contributed by atoms with van der Waals surface area (Å²) in [6.07, 6.45) is -1.29. The molecule has 1 aromatic carbocycles. The van der Waals surface area contributed by atoms with Crippen molar-refractivity contribution in [1.82, 2.24) is 45.8 Å². The van der Waals surface area contributed by atoms with Crippen molar-refractivity contribution in [2.75, 3.05) is 31.8 Å². The van der Waals surface area contributed by atoms with E-state index in [0.29, 0.717) is 5.16 Å². The maximum Gasteiger partial charge on any atom is 1.00 e. The molecule has 64 heavy (non-hydrogen) atoms. The number of amides is 4. The van der Waals surface area contributed by atoms with Crippen LogP contribution < -0.4 is 69.7 Å². The van der Waals surface area contributed by atoms with Crippen molar-refractivity contribution < 1.29 is 133 Å². The largest absolute Gasteiger partial charge is 1.00 e. The second kappa shape index (κ2) is 21.8. The molecule has 0 saturated carbocycles. The predicted molar refractivity (Wildman–Crippen MR) is 212 cm³/mol. The average molecular weight is 998 g/mol. The number of rotatable bonds is 15. The number of benzene rings is 1. The van der Waals surface area contributed by atoms with E-state index in [1.165, 1.54) is 46.5 Å². The van der Waals surface area contributed by atoms with Crippen LogP contribution in [0.2, 0.25) is 5.02 Å². The Morgan fingerprint density at radius 1 is 1.19 bits per heavy atom. The molecule has 338 valence electrons. The molecule has 5 atom stereocenters. The Hall–Kier alpha value is -2.93. The van der Waals surface area contributed by atoms with Gasteiger partial charge in [-0.3, -0.25) is 24.1 Å². The maximum absolute atomic E-state index is 14.4. The second-order valence-corrected chi connectivity index (χ2v) is 18.1. The van der Waals surface area contributed by atoms with Gasteiger partial charge >= 0.3 is 71.1 Å². The number of alkyl halides is 2. The fourth-order valence-corrected chi connectivity index (χ4v) is 10.1. The Labute approximate surface area is 425 Å². The molecular formula is C34H37ClF3N9Na2O12S3. The number of carbonyl (C=O) groups is 6. The maximum atomic E-state index is 14.4. The number of aromatic nitrogens is 5. The van der Waals surface area contributed by atoms with Crippen molar-refractivity contribution >= 4 is 82.5 Å². The SMILES string of the molecule is CO[C@@]1(NC(=O)CSC(F)F)C(=O)N2C(C(=O)O)=C(CSc3nnnn3CCO)CO[C@@H]21.Cc1onc(-c2c(F)cccc2Cl)c1C(=O)N[C@@H]1C(=O)N2[C@@H]1SC(C)(C)[C@@H]2C(=O)O.[H-].[H-].[Na+].[Na+]. The molecular weight excluding hydrogens is 961 g/mol. The number of aliphatic carboxylic acids is 2. The summed E-state index contributed by atoms with van der Waals surface area (Å²) < 4.78 is 55.5. The number of nitrogens with zero attached hydrogens (tertiary/aromatic N) is 7. The summed E-state index contributed by atoms with van der Waals surface area (Å²) in [5.74, 6) is -9.37. The number of carboxylic acid groups (broad SMARTS) is 2. The van der Waals surface area contributed by atoms with E-state index in [0.717, 1.165) is 23.8 Å². The number of hydrogen-bond acceptors (Lipinski definition) is 17. The van der Waals surface area contributed by atoms with E-state index in [1.807, 2.05) is 0 Å². The van der Waals surface area contributed by atoms with Gasteiger partial charge in [0.05, 0.1) is 36.1 Å². The topological polar surface area (TPSA) is 282 Å². The minimum atomic E-state index is -2.78. The van der Waals surface area contributed by atoms with Gasteiger partial charge in [-0.05, 0) is 48.9 Å². The van der Waals surface area contributed by atoms with Crippen LogP contribution in [0.4, 0.5) is 13.2 Å². The number of aliphatic hydroxyl groups excluding tert-OH is 1. The van der Waals surface area contributed by atoms with Gasteiger partial charge < -0.3 is 47.7 Å². The molecule has 0 unspecified atom stereocenters. The van der Waals surface area contributed by atoms with Crippen LogP contribution in [0.15, 0.2) is 39.1 Å². The second-order valence-electron chi connectivity index (χ2n) is 14.0. The molecule has 3 saturated heterocycles. The summed E-state index contributed by atoms with van der Waals surface area (Å²) in [6.45, 7) is 4.70. The summed E-state index contributed by atoms with van der Waals surface area (Å²) in [7, 11) is 1.11. The number of halogens is 4. The average Bonchev–Trinajstić information content (AvgIpc) is 3.90. The fraction of sp³-hybridized carbons (Fsp3) is 0.471. The number of aliphatic hydroxyl groups is 1. The van der Waals surface area contributed by atoms with Crippen molar-refractivity contribution in [1.29, 1.82) is 0 Å². The molecule has 4 aliphatic heterocycles. The third-order valence-electron chi connectivity index (χ3n) is 9.74. The Kier molecular flexibility index (Phi) is 18.3. The fourth-order valence-electron chi connectivity index (χ4n) is 7.02. The number of fused-ring (bicyclic) bond motifs is 2. The van der Waals surface area contributed by atoms with Gasteiger partial charge in [-0.25, -0.2) is 18.7 Å². The molecule has 5 N–H and O–H groups in total. The van der Waals surface area contributed by atoms with E-state index >= 15 is 0 Å². The van der Waals surface area contributed by atoms with Crippen LogP contribution in [-0.2, 0) is 40.0 Å². The standard InChI is InChI=1S/C19H17ClFN3O5S.C15H18F2N6O7S2.2Na.2H/c1-7-10(12(23-29-7)11-8(20)5-4-6-9(11)21)15(25)22-13-16(26)24-14(18(27)28)19(2,3)30-17(13)24;1-29-15(18-8(25)6-31-13(16)17)11(28)23-9(10(26)27)7(4-30-12(15)23)5-32-14-19-20-21-22(14)2-3-24;;;;/h4-6,13-14,17H,1-3H3,(H,22,25)(H,27,28);12-13,24H,2-6H2,1H3,(H,18,25)(H,26,27);;;;/q;;2*+1;2*-1/t13-,14+,17-;12-,15+;;;;/m11..../s1. The minimum Gasteiger partial charge on any atom is -1.00 e. The molecule has 30 heteroatoms. The van der Waals surface area contributed by atoms with Crippen LogP contribution >= 0.6 is 46.9 Å². The minimum absolute atomic E-state index is 0. The van der Waals surface area contributed by atoms with E-state index in [1.54, 1.807) is 13.8 Å². The van der Waals surface area contributed by atoms with Crippen LogP contribution in [0.1, 0.15) is 32.8 Å². The molecule has 3 fully saturated rings. The summed E-state index contributed by atoms with van der Waals surface area (Å²) in [5, 5.41) is 47.7. The monoisotopic (exact) mass is 997 g/mol. The van der Waals surface area contributed by atoms with E-state index in [9.17, 15) is 52.2 Å². The van der Waals surface area contributed by atoms with Crippen molar-refractivity contribution in [2.45, 2.75) is 72.4 Å². The third kappa shape index (κ3) is 10.3. The number of carboxylic acids is 2. The Morgan fingerprint density at radius 2 is 1.89 bits per heavy atom. The van der Waals surface area contributed by atoms with E-state index < -0.39 is 87.1 Å². The molecule has 0 bridgehead atoms. The van der Waals surface area contributed by atoms with Crippen molar-refractivity contribution in [3.63, 3.8) is 0 Å². The zero-order chi connectivity index (χ0) is 45.4. The third-order valence-corrected chi connectivity index (χ3v) is 13.3. The van der Waals surface area contributed by atoms with Crippen LogP contribution in [0.3, 0.4) is 0 Å². The number of aryl methyl sites for hydroxylation is 1. The molecule has 7 rings (SSSR count). The van der Waals surface area contributed by atoms with Crippen LogP contribution in [0.5, 0.6) is 0 Å². The zero-order valence-electron chi connectivity index (χ0n) is 36.5. The van der Waals surface area contributed by atoms with Gasteiger partial charge in [0.1, 0.15) is 46.0 Å². The van der Waals surface area contributed by atoms with Crippen molar-refractivity contribution in [3.05, 3.63) is 51.6 Å². The molecule has 3 aromatic rings. The number of ether oxygens (including phenoxy) is 2. The first-order valence-corrected chi connectivity index (χ1v) is 21.2. The van der Waals surface area contributed by atoms with Gasteiger partial charge in [-0.15, -0.1) is 16.9 Å². The van der Waals surface area contributed by atoms with Crippen molar-refractivity contribution in [3.8, 4) is 11.3 Å². The Morgan fingerprint density at radius 3 is 2.50 bits per heavy atom. The van der Waals surface area contributed by atoms with Gasteiger partial charge in [0.25, 0.3) is 23.3 Å². The first-order valence-electron chi connectivity index (χ1n) is 17.9. The normalized spacial score (nSPS) is 22.8. The number of nitrogens with one attached hydrogen (secondary N) is 2. The molecule has 0 radical (unpaired) electrons. The number of carbonyl (C=O) groups excluding carboxylic acids is 4. The number of thioether (sulfide) groups is 3. The van der Waals surface area contributed by atoms with Crippen LogP contribution in [0.25, 0.3) is 11.3 Å².